The van der Waals surface area contributed by atoms with Crippen LogP contribution in [-0.2, 0) is 20.9 Å². The highest BCUT2D eigenvalue weighted by molar-refractivity contribution is 5.81. The van der Waals surface area contributed by atoms with Crippen LogP contribution in [0.15, 0.2) is 12.3 Å². The van der Waals surface area contributed by atoms with Crippen molar-refractivity contribution in [2.45, 2.75) is 25.9 Å². The molecule has 1 aliphatic carbocycles. The molecule has 1 N–H and O–H groups in total. The van der Waals surface area contributed by atoms with E-state index in [0.29, 0.717) is 25.6 Å². The van der Waals surface area contributed by atoms with E-state index in [4.69, 9.17) is 4.74 Å². The lowest BCUT2D eigenvalue weighted by molar-refractivity contribution is -0.135. The van der Waals surface area contributed by atoms with Gasteiger partial charge in [-0.15, -0.1) is 0 Å². The van der Waals surface area contributed by atoms with Crippen LogP contribution in [0.5, 0.6) is 0 Å². The van der Waals surface area contributed by atoms with Crippen LogP contribution in [0.4, 0.5) is 0 Å². The van der Waals surface area contributed by atoms with Gasteiger partial charge in [-0.3, -0.25) is 14.3 Å². The van der Waals surface area contributed by atoms with Crippen LogP contribution in [0.2, 0.25) is 0 Å². The number of nitrogens with zero attached hydrogens (tertiary/aromatic N) is 3. The predicted octanol–water partition coefficient (Wildman–Crippen LogP) is 0.185. The maximum absolute atomic E-state index is 12.5. The zero-order valence-corrected chi connectivity index (χ0v) is 13.0. The second-order valence-corrected chi connectivity index (χ2v) is 6.20. The molecule has 120 valence electrons. The Morgan fingerprint density at radius 1 is 1.50 bits per heavy atom. The summed E-state index contributed by atoms with van der Waals surface area (Å²) >= 11 is 0. The maximum atomic E-state index is 12.5. The van der Waals surface area contributed by atoms with Crippen molar-refractivity contribution in [3.8, 4) is 0 Å². The number of amides is 2. The largest absolute Gasteiger partial charge is 0.375 e. The van der Waals surface area contributed by atoms with Gasteiger partial charge in [0.15, 0.2) is 0 Å². The van der Waals surface area contributed by atoms with Gasteiger partial charge in [-0.25, -0.2) is 0 Å². The van der Waals surface area contributed by atoms with Gasteiger partial charge >= 0.3 is 0 Å². The molecule has 1 aromatic heterocycles. The second-order valence-electron chi connectivity index (χ2n) is 6.20. The van der Waals surface area contributed by atoms with Gasteiger partial charge in [-0.1, -0.05) is 6.92 Å². The Hall–Kier alpha value is -1.89. The molecule has 1 fully saturated rings. The Morgan fingerprint density at radius 3 is 2.95 bits per heavy atom. The first-order valence-corrected chi connectivity index (χ1v) is 7.67. The summed E-state index contributed by atoms with van der Waals surface area (Å²) in [5.74, 6) is 0.751. The number of methoxy groups -OCH3 is 1. The first-order valence-electron chi connectivity index (χ1n) is 7.67. The smallest absolute Gasteiger partial charge is 0.246 e. The van der Waals surface area contributed by atoms with Crippen molar-refractivity contribution < 1.29 is 14.3 Å². The third-order valence-electron chi connectivity index (χ3n) is 4.43. The molecule has 2 heterocycles. The molecule has 7 heteroatoms. The minimum Gasteiger partial charge on any atom is -0.375 e. The Balaban J connectivity index is 1.67. The molecule has 0 saturated heterocycles. The van der Waals surface area contributed by atoms with Crippen LogP contribution in [-0.4, -0.2) is 53.3 Å². The van der Waals surface area contributed by atoms with Crippen molar-refractivity contribution in [2.24, 2.45) is 11.8 Å². The van der Waals surface area contributed by atoms with E-state index < -0.39 is 0 Å². The molecule has 0 spiro atoms. The van der Waals surface area contributed by atoms with Crippen molar-refractivity contribution in [3.63, 3.8) is 0 Å². The summed E-state index contributed by atoms with van der Waals surface area (Å²) in [6.07, 6.45) is 2.73. The van der Waals surface area contributed by atoms with Crippen LogP contribution in [0, 0.1) is 11.8 Å². The van der Waals surface area contributed by atoms with Crippen LogP contribution < -0.4 is 5.32 Å². The Morgan fingerprint density at radius 2 is 2.27 bits per heavy atom. The lowest BCUT2D eigenvalue weighted by Crippen LogP contribution is -2.46. The standard InChI is InChI=1S/C15H22N4O3/c1-10-5-13(10)15(21)18-7-11-3-4-17-19(11)12(8-18)6-16-14(20)9-22-2/h3-4,10,12-13H,5-9H2,1-2H3,(H,16,20)/t10-,12-,13-/m1/s1. The van der Waals surface area contributed by atoms with E-state index in [9.17, 15) is 9.59 Å². The van der Waals surface area contributed by atoms with Gasteiger partial charge in [-0.2, -0.15) is 5.10 Å². The Kier molecular flexibility index (Phi) is 4.15. The number of nitrogens with one attached hydrogen (secondary N) is 1. The van der Waals surface area contributed by atoms with E-state index in [1.54, 1.807) is 6.20 Å². The van der Waals surface area contributed by atoms with Gasteiger partial charge in [-0.05, 0) is 18.4 Å². The van der Waals surface area contributed by atoms with Crippen molar-refractivity contribution in [1.82, 2.24) is 20.0 Å². The fraction of sp³-hybridized carbons (Fsp3) is 0.667. The Labute approximate surface area is 129 Å². The summed E-state index contributed by atoms with van der Waals surface area (Å²) < 4.78 is 6.72. The normalized spacial score (nSPS) is 26.5. The molecule has 0 radical (unpaired) electrons. The predicted molar refractivity (Wildman–Crippen MR) is 78.8 cm³/mol. The van der Waals surface area contributed by atoms with Crippen molar-refractivity contribution in [2.75, 3.05) is 26.8 Å². The number of fused-ring (bicyclic) bond motifs is 1. The first-order chi connectivity index (χ1) is 10.6. The second kappa shape index (κ2) is 6.08. The number of ether oxygens (including phenoxy) is 1. The summed E-state index contributed by atoms with van der Waals surface area (Å²) in [5, 5.41) is 7.16. The van der Waals surface area contributed by atoms with E-state index in [0.717, 1.165) is 12.1 Å². The molecule has 22 heavy (non-hydrogen) atoms. The average Bonchev–Trinajstić information content (AvgIpc) is 3.04. The average molecular weight is 306 g/mol. The van der Waals surface area contributed by atoms with Crippen LogP contribution >= 0.6 is 0 Å². The lowest BCUT2D eigenvalue weighted by atomic mass is 10.1. The molecular formula is C15H22N4O3. The minimum absolute atomic E-state index is 0.0300. The highest BCUT2D eigenvalue weighted by Crippen LogP contribution is 2.40. The van der Waals surface area contributed by atoms with E-state index in [2.05, 4.69) is 17.3 Å². The number of aromatic nitrogens is 2. The van der Waals surface area contributed by atoms with E-state index >= 15 is 0 Å². The van der Waals surface area contributed by atoms with Crippen molar-refractivity contribution >= 4 is 11.8 Å². The zero-order chi connectivity index (χ0) is 15.7. The number of hydrogen-bond acceptors (Lipinski definition) is 4. The summed E-state index contributed by atoms with van der Waals surface area (Å²) in [6.45, 7) is 3.79. The molecule has 7 nitrogen and oxygen atoms in total. The van der Waals surface area contributed by atoms with E-state index in [1.165, 1.54) is 7.11 Å². The van der Waals surface area contributed by atoms with Crippen LogP contribution in [0.3, 0.4) is 0 Å². The highest BCUT2D eigenvalue weighted by atomic mass is 16.5. The monoisotopic (exact) mass is 306 g/mol. The van der Waals surface area contributed by atoms with Gasteiger partial charge in [0, 0.05) is 32.3 Å². The SMILES string of the molecule is COCC(=O)NC[C@@H]1CN(C(=O)[C@@H]2C[C@H]2C)Cc2ccnn21. The summed E-state index contributed by atoms with van der Waals surface area (Å²) in [6, 6.07) is 1.90. The Bertz CT molecular complexity index is 571. The van der Waals surface area contributed by atoms with Crippen molar-refractivity contribution in [1.29, 1.82) is 0 Å². The highest BCUT2D eigenvalue weighted by Gasteiger charge is 2.43. The molecule has 0 aromatic carbocycles. The maximum Gasteiger partial charge on any atom is 0.246 e. The van der Waals surface area contributed by atoms with Gasteiger partial charge in [0.1, 0.15) is 6.61 Å². The van der Waals surface area contributed by atoms with Gasteiger partial charge < -0.3 is 15.0 Å². The third-order valence-corrected chi connectivity index (χ3v) is 4.43. The van der Waals surface area contributed by atoms with Gasteiger partial charge in [0.25, 0.3) is 0 Å². The molecule has 2 aliphatic rings. The first kappa shape index (κ1) is 15.0. The molecular weight excluding hydrogens is 284 g/mol. The van der Waals surface area contributed by atoms with Gasteiger partial charge in [0.2, 0.25) is 11.8 Å². The minimum atomic E-state index is -0.157. The molecule has 3 rings (SSSR count). The summed E-state index contributed by atoms with van der Waals surface area (Å²) in [7, 11) is 1.49. The third kappa shape index (κ3) is 2.99. The van der Waals surface area contributed by atoms with E-state index in [-0.39, 0.29) is 30.4 Å². The van der Waals surface area contributed by atoms with Crippen LogP contribution in [0.1, 0.15) is 25.1 Å². The fourth-order valence-corrected chi connectivity index (χ4v) is 3.02. The lowest BCUT2D eigenvalue weighted by Gasteiger charge is -2.34. The van der Waals surface area contributed by atoms with Crippen molar-refractivity contribution in [3.05, 3.63) is 18.0 Å². The quantitative estimate of drug-likeness (QED) is 0.842. The molecule has 0 unspecified atom stereocenters. The van der Waals surface area contributed by atoms with Crippen LogP contribution in [0.25, 0.3) is 0 Å². The molecule has 3 atom stereocenters. The van der Waals surface area contributed by atoms with Gasteiger partial charge in [0.05, 0.1) is 18.3 Å². The number of hydrogen-bond donors (Lipinski definition) is 1. The zero-order valence-electron chi connectivity index (χ0n) is 13.0. The molecule has 1 aromatic rings. The molecule has 1 aliphatic heterocycles. The molecule has 0 bridgehead atoms. The fourth-order valence-electron chi connectivity index (χ4n) is 3.02. The number of carbonyl (C=O) groups excluding carboxylic acids is 2. The summed E-state index contributed by atoms with van der Waals surface area (Å²) in [4.78, 5) is 25.9. The molecule has 1 saturated carbocycles. The number of carbonyl (C=O) groups is 2. The topological polar surface area (TPSA) is 76.5 Å². The summed E-state index contributed by atoms with van der Waals surface area (Å²) in [5.41, 5.74) is 1.01. The number of rotatable bonds is 5. The van der Waals surface area contributed by atoms with E-state index in [1.807, 2.05) is 15.6 Å². The molecule has 2 amide bonds.